The van der Waals surface area contributed by atoms with Gasteiger partial charge in [0.15, 0.2) is 0 Å². The lowest BCUT2D eigenvalue weighted by molar-refractivity contribution is 0.415. The Balaban J connectivity index is 2.28. The number of hydrogen-bond acceptors (Lipinski definition) is 2. The number of halogens is 1. The van der Waals surface area contributed by atoms with Crippen LogP contribution in [0.25, 0.3) is 0 Å². The first kappa shape index (κ1) is 6.31. The summed E-state index contributed by atoms with van der Waals surface area (Å²) in [6.07, 6.45) is 2.16. The average Bonchev–Trinajstić information content (AvgIpc) is 2.71. The highest BCUT2D eigenvalue weighted by Crippen LogP contribution is 2.29. The molecule has 1 aliphatic rings. The van der Waals surface area contributed by atoms with Crippen LogP contribution >= 0.6 is 15.9 Å². The molecule has 52 valence electrons. The van der Waals surface area contributed by atoms with Crippen LogP contribution in [0.3, 0.4) is 0 Å². The smallest absolute Gasteiger partial charge is 0.107 e. The van der Waals surface area contributed by atoms with Crippen LogP contribution in [0, 0.1) is 0 Å². The van der Waals surface area contributed by atoms with Gasteiger partial charge in [0, 0.05) is 11.8 Å². The summed E-state index contributed by atoms with van der Waals surface area (Å²) in [5, 5.41) is 0. The third kappa shape index (κ3) is 1.20. The first-order chi connectivity index (χ1) is 4.86. The van der Waals surface area contributed by atoms with Crippen molar-refractivity contribution >= 4 is 15.9 Å². The second-order valence-electron chi connectivity index (χ2n) is 2.24. The molecule has 0 amide bonds. The van der Waals surface area contributed by atoms with Crippen molar-refractivity contribution in [1.82, 2.24) is 4.98 Å². The first-order valence-electron chi connectivity index (χ1n) is 3.09. The van der Waals surface area contributed by atoms with Crippen LogP contribution < -0.4 is 0 Å². The van der Waals surface area contributed by atoms with Crippen molar-refractivity contribution in [2.75, 3.05) is 6.61 Å². The molecule has 0 N–H and O–H groups in total. The molecule has 1 fully saturated rings. The molecule has 0 spiro atoms. The van der Waals surface area contributed by atoms with Crippen molar-refractivity contribution in [1.29, 1.82) is 0 Å². The van der Waals surface area contributed by atoms with E-state index in [4.69, 9.17) is 4.74 Å². The van der Waals surface area contributed by atoms with Crippen LogP contribution in [-0.2, 0) is 4.74 Å². The van der Waals surface area contributed by atoms with Crippen LogP contribution in [0.1, 0.15) is 11.7 Å². The molecule has 3 heteroatoms. The standard InChI is InChI=1S/C7H6BrNO/c8-7-2-1-5(3-9-7)6-4-10-6/h1-3,6H,4H2/t6-/m1/s1. The largest absolute Gasteiger partial charge is 0.368 e. The molecule has 0 aromatic carbocycles. The molecule has 0 radical (unpaired) electrons. The van der Waals surface area contributed by atoms with Crippen molar-refractivity contribution in [2.45, 2.75) is 6.10 Å². The Morgan fingerprint density at radius 2 is 2.40 bits per heavy atom. The Morgan fingerprint density at radius 1 is 1.60 bits per heavy atom. The summed E-state index contributed by atoms with van der Waals surface area (Å²) < 4.78 is 5.95. The van der Waals surface area contributed by atoms with Gasteiger partial charge in [-0.25, -0.2) is 4.98 Å². The molecule has 1 aliphatic heterocycles. The Hall–Kier alpha value is -0.410. The van der Waals surface area contributed by atoms with Crippen LogP contribution in [-0.4, -0.2) is 11.6 Å². The van der Waals surface area contributed by atoms with Gasteiger partial charge in [0.2, 0.25) is 0 Å². The molecule has 10 heavy (non-hydrogen) atoms. The summed E-state index contributed by atoms with van der Waals surface area (Å²) in [4.78, 5) is 4.08. The normalized spacial score (nSPS) is 22.7. The van der Waals surface area contributed by atoms with Gasteiger partial charge in [-0.3, -0.25) is 0 Å². The van der Waals surface area contributed by atoms with Crippen LogP contribution in [0.4, 0.5) is 0 Å². The third-order valence-corrected chi connectivity index (χ3v) is 1.92. The van der Waals surface area contributed by atoms with E-state index in [1.165, 1.54) is 5.56 Å². The average molecular weight is 200 g/mol. The van der Waals surface area contributed by atoms with E-state index in [1.807, 2.05) is 18.3 Å². The van der Waals surface area contributed by atoms with Gasteiger partial charge in [-0.1, -0.05) is 6.07 Å². The van der Waals surface area contributed by atoms with Gasteiger partial charge in [-0.05, 0) is 22.0 Å². The Labute approximate surface area is 67.4 Å². The zero-order valence-corrected chi connectivity index (χ0v) is 6.84. The molecule has 0 aliphatic carbocycles. The molecule has 1 saturated heterocycles. The number of pyridine rings is 1. The van der Waals surface area contributed by atoms with Crippen LogP contribution in [0.2, 0.25) is 0 Å². The molecule has 0 unspecified atom stereocenters. The lowest BCUT2D eigenvalue weighted by Gasteiger charge is -1.92. The fourth-order valence-electron chi connectivity index (χ4n) is 0.818. The van der Waals surface area contributed by atoms with E-state index in [0.717, 1.165) is 11.2 Å². The molecule has 1 atom stereocenters. The number of ether oxygens (including phenoxy) is 1. The van der Waals surface area contributed by atoms with E-state index in [-0.39, 0.29) is 0 Å². The molecule has 2 rings (SSSR count). The number of epoxide rings is 1. The van der Waals surface area contributed by atoms with Crippen LogP contribution in [0.5, 0.6) is 0 Å². The number of hydrogen-bond donors (Lipinski definition) is 0. The lowest BCUT2D eigenvalue weighted by atomic mass is 10.2. The second-order valence-corrected chi connectivity index (χ2v) is 3.05. The fourth-order valence-corrected chi connectivity index (χ4v) is 1.05. The van der Waals surface area contributed by atoms with E-state index < -0.39 is 0 Å². The van der Waals surface area contributed by atoms with E-state index in [2.05, 4.69) is 20.9 Å². The summed E-state index contributed by atoms with van der Waals surface area (Å²) >= 11 is 3.26. The SMILES string of the molecule is Brc1ccc([C@H]2CO2)cn1. The van der Waals surface area contributed by atoms with Gasteiger partial charge < -0.3 is 4.74 Å². The van der Waals surface area contributed by atoms with Gasteiger partial charge in [0.05, 0.1) is 6.61 Å². The highest BCUT2D eigenvalue weighted by Gasteiger charge is 2.24. The Bertz CT molecular complexity index is 230. The molecular weight excluding hydrogens is 194 g/mol. The third-order valence-electron chi connectivity index (χ3n) is 1.46. The van der Waals surface area contributed by atoms with Crippen molar-refractivity contribution in [2.24, 2.45) is 0 Å². The molecule has 1 aromatic heterocycles. The van der Waals surface area contributed by atoms with Crippen molar-refractivity contribution in [3.63, 3.8) is 0 Å². The number of nitrogens with zero attached hydrogens (tertiary/aromatic N) is 1. The Kier molecular flexibility index (Phi) is 1.47. The van der Waals surface area contributed by atoms with E-state index in [9.17, 15) is 0 Å². The van der Waals surface area contributed by atoms with Crippen LogP contribution in [0.15, 0.2) is 22.9 Å². The van der Waals surface area contributed by atoms with Crippen molar-refractivity contribution in [3.05, 3.63) is 28.5 Å². The highest BCUT2D eigenvalue weighted by atomic mass is 79.9. The maximum atomic E-state index is 5.08. The minimum atomic E-state index is 0.320. The maximum absolute atomic E-state index is 5.08. The molecule has 0 saturated carbocycles. The number of aromatic nitrogens is 1. The summed E-state index contributed by atoms with van der Waals surface area (Å²) in [6.45, 7) is 0.851. The molecular formula is C7H6BrNO. The van der Waals surface area contributed by atoms with Gasteiger partial charge in [0.1, 0.15) is 10.7 Å². The van der Waals surface area contributed by atoms with Gasteiger partial charge in [-0.15, -0.1) is 0 Å². The first-order valence-corrected chi connectivity index (χ1v) is 3.88. The second kappa shape index (κ2) is 2.32. The summed E-state index contributed by atoms with van der Waals surface area (Å²) in [6, 6.07) is 3.95. The summed E-state index contributed by atoms with van der Waals surface area (Å²) in [7, 11) is 0. The predicted octanol–water partition coefficient (Wildman–Crippen LogP) is 1.92. The quantitative estimate of drug-likeness (QED) is 0.511. The zero-order chi connectivity index (χ0) is 6.97. The number of rotatable bonds is 1. The molecule has 1 aromatic rings. The van der Waals surface area contributed by atoms with Gasteiger partial charge in [0.25, 0.3) is 0 Å². The van der Waals surface area contributed by atoms with E-state index in [1.54, 1.807) is 0 Å². The zero-order valence-electron chi connectivity index (χ0n) is 5.25. The monoisotopic (exact) mass is 199 g/mol. The van der Waals surface area contributed by atoms with E-state index >= 15 is 0 Å². The molecule has 2 heterocycles. The Morgan fingerprint density at radius 3 is 2.90 bits per heavy atom. The minimum absolute atomic E-state index is 0.320. The van der Waals surface area contributed by atoms with Gasteiger partial charge in [-0.2, -0.15) is 0 Å². The minimum Gasteiger partial charge on any atom is -0.368 e. The molecule has 2 nitrogen and oxygen atoms in total. The van der Waals surface area contributed by atoms with E-state index in [0.29, 0.717) is 6.10 Å². The summed E-state index contributed by atoms with van der Waals surface area (Å²) in [5.41, 5.74) is 1.17. The fraction of sp³-hybridized carbons (Fsp3) is 0.286. The topological polar surface area (TPSA) is 25.4 Å². The van der Waals surface area contributed by atoms with Gasteiger partial charge >= 0.3 is 0 Å². The highest BCUT2D eigenvalue weighted by molar-refractivity contribution is 9.10. The summed E-state index contributed by atoms with van der Waals surface area (Å²) in [5.74, 6) is 0. The molecule has 0 bridgehead atoms. The van der Waals surface area contributed by atoms with Crippen molar-refractivity contribution in [3.8, 4) is 0 Å². The predicted molar refractivity (Wildman–Crippen MR) is 40.6 cm³/mol. The van der Waals surface area contributed by atoms with Crippen molar-refractivity contribution < 1.29 is 4.74 Å². The lowest BCUT2D eigenvalue weighted by Crippen LogP contribution is -1.81. The maximum Gasteiger partial charge on any atom is 0.107 e.